The van der Waals surface area contributed by atoms with E-state index in [2.05, 4.69) is 6.58 Å². The van der Waals surface area contributed by atoms with Crippen LogP contribution in [-0.4, -0.2) is 58.2 Å². The lowest BCUT2D eigenvalue weighted by Crippen LogP contribution is -2.15. The van der Waals surface area contributed by atoms with Gasteiger partial charge in [0.05, 0.1) is 38.6 Å². The summed E-state index contributed by atoms with van der Waals surface area (Å²) in [4.78, 5) is 0. The molecule has 0 fully saturated rings. The number of halogens is 1. The first-order valence-electron chi connectivity index (χ1n) is 8.93. The van der Waals surface area contributed by atoms with Crippen LogP contribution in [0.15, 0.2) is 12.7 Å². The third-order valence-corrected chi connectivity index (χ3v) is 3.26. The summed E-state index contributed by atoms with van der Waals surface area (Å²) in [5.74, 6) is 0.767. The Kier molecular flexibility index (Phi) is 22.7. The zero-order chi connectivity index (χ0) is 18.5. The van der Waals surface area contributed by atoms with E-state index in [1.54, 1.807) is 7.11 Å². The zero-order valence-electron chi connectivity index (χ0n) is 16.3. The minimum atomic E-state index is 0.0417. The van der Waals surface area contributed by atoms with Gasteiger partial charge in [-0.15, -0.1) is 18.2 Å². The lowest BCUT2D eigenvalue weighted by molar-refractivity contribution is 0.0147. The molecular formula is C19H39ClO4. The van der Waals surface area contributed by atoms with E-state index in [1.165, 1.54) is 12.8 Å². The molecule has 5 heteroatoms. The molecule has 0 heterocycles. The Morgan fingerprint density at radius 2 is 1.25 bits per heavy atom. The van der Waals surface area contributed by atoms with Gasteiger partial charge in [0.25, 0.3) is 0 Å². The fraction of sp³-hybridized carbons (Fsp3) is 0.895. The van der Waals surface area contributed by atoms with Crippen LogP contribution in [-0.2, 0) is 18.9 Å². The first-order chi connectivity index (χ1) is 11.5. The van der Waals surface area contributed by atoms with E-state index in [9.17, 15) is 0 Å². The van der Waals surface area contributed by atoms with Crippen LogP contribution < -0.4 is 0 Å². The highest BCUT2D eigenvalue weighted by molar-refractivity contribution is 6.17. The van der Waals surface area contributed by atoms with E-state index in [1.807, 2.05) is 26.8 Å². The Balaban J connectivity index is 0. The van der Waals surface area contributed by atoms with E-state index < -0.39 is 0 Å². The quantitative estimate of drug-likeness (QED) is 0.236. The minimum Gasteiger partial charge on any atom is -0.379 e. The minimum absolute atomic E-state index is 0.0417. The highest BCUT2D eigenvalue weighted by atomic mass is 35.5. The summed E-state index contributed by atoms with van der Waals surface area (Å²) in [6, 6.07) is 0. The molecule has 0 aliphatic carbocycles. The summed E-state index contributed by atoms with van der Waals surface area (Å²) in [7, 11) is 1.71. The topological polar surface area (TPSA) is 36.9 Å². The lowest BCUT2D eigenvalue weighted by atomic mass is 10.2. The number of alkyl halides is 1. The molecule has 0 bridgehead atoms. The Morgan fingerprint density at radius 3 is 1.71 bits per heavy atom. The van der Waals surface area contributed by atoms with Crippen molar-refractivity contribution in [1.82, 2.24) is 0 Å². The zero-order valence-corrected chi connectivity index (χ0v) is 17.0. The number of hydrogen-bond donors (Lipinski definition) is 0. The third kappa shape index (κ3) is 29.8. The Morgan fingerprint density at radius 1 is 0.792 bits per heavy atom. The van der Waals surface area contributed by atoms with Gasteiger partial charge in [-0.1, -0.05) is 18.9 Å². The Bertz CT molecular complexity index is 242. The monoisotopic (exact) mass is 366 g/mol. The molecule has 24 heavy (non-hydrogen) atoms. The van der Waals surface area contributed by atoms with Crippen molar-refractivity contribution >= 4 is 11.6 Å². The summed E-state index contributed by atoms with van der Waals surface area (Å²) >= 11 is 5.59. The van der Waals surface area contributed by atoms with Crippen LogP contribution >= 0.6 is 11.6 Å². The molecule has 0 spiro atoms. The van der Waals surface area contributed by atoms with Gasteiger partial charge in [-0.2, -0.15) is 0 Å². The van der Waals surface area contributed by atoms with Crippen molar-refractivity contribution in [3.05, 3.63) is 12.7 Å². The second-order valence-electron chi connectivity index (χ2n) is 6.33. The van der Waals surface area contributed by atoms with Crippen molar-refractivity contribution in [1.29, 1.82) is 0 Å². The molecule has 0 atom stereocenters. The smallest absolute Gasteiger partial charge is 0.0701 e. The number of unbranched alkanes of at least 4 members (excludes halogenated alkanes) is 3. The lowest BCUT2D eigenvalue weighted by Gasteiger charge is -2.14. The van der Waals surface area contributed by atoms with E-state index in [-0.39, 0.29) is 5.60 Å². The van der Waals surface area contributed by atoms with Crippen LogP contribution in [0.5, 0.6) is 0 Å². The van der Waals surface area contributed by atoms with Gasteiger partial charge in [0, 0.05) is 19.6 Å². The maximum absolute atomic E-state index is 5.59. The van der Waals surface area contributed by atoms with Gasteiger partial charge < -0.3 is 18.9 Å². The molecule has 0 aromatic rings. The SMILES string of the molecule is C=CCCOCCOCCOCCCCCCCl.COC(C)(C)C. The summed E-state index contributed by atoms with van der Waals surface area (Å²) in [6.45, 7) is 13.8. The van der Waals surface area contributed by atoms with Crippen LogP contribution in [0, 0.1) is 0 Å². The first-order valence-corrected chi connectivity index (χ1v) is 9.46. The first kappa shape index (κ1) is 26.1. The molecule has 0 unspecified atom stereocenters. The van der Waals surface area contributed by atoms with Crippen molar-refractivity contribution in [2.75, 3.05) is 52.6 Å². The van der Waals surface area contributed by atoms with Gasteiger partial charge in [-0.05, 0) is 40.0 Å². The molecule has 0 rings (SSSR count). The van der Waals surface area contributed by atoms with Gasteiger partial charge in [-0.25, -0.2) is 0 Å². The van der Waals surface area contributed by atoms with Gasteiger partial charge in [0.2, 0.25) is 0 Å². The van der Waals surface area contributed by atoms with Crippen LogP contribution in [0.1, 0.15) is 52.9 Å². The second kappa shape index (κ2) is 20.9. The maximum Gasteiger partial charge on any atom is 0.0701 e. The predicted octanol–water partition coefficient (Wildman–Crippen LogP) is 4.84. The summed E-state index contributed by atoms with van der Waals surface area (Å²) in [5, 5.41) is 0. The molecule has 0 aromatic carbocycles. The van der Waals surface area contributed by atoms with E-state index in [0.29, 0.717) is 26.4 Å². The average Bonchev–Trinajstić information content (AvgIpc) is 2.55. The fourth-order valence-corrected chi connectivity index (χ4v) is 1.55. The highest BCUT2D eigenvalue weighted by Gasteiger charge is 2.04. The summed E-state index contributed by atoms with van der Waals surface area (Å²) in [6.07, 6.45) is 7.36. The molecule has 0 N–H and O–H groups in total. The number of hydrogen-bond acceptors (Lipinski definition) is 4. The standard InChI is InChI=1S/C14H27ClO3.C5H12O/c1-2-3-9-16-11-13-18-14-12-17-10-7-5-4-6-8-15;1-5(2,3)6-4/h2H,1,3-14H2;1-4H3. The van der Waals surface area contributed by atoms with Crippen LogP contribution in [0.2, 0.25) is 0 Å². The van der Waals surface area contributed by atoms with Gasteiger partial charge >= 0.3 is 0 Å². The van der Waals surface area contributed by atoms with Crippen molar-refractivity contribution in [3.63, 3.8) is 0 Å². The second-order valence-corrected chi connectivity index (χ2v) is 6.71. The highest BCUT2D eigenvalue weighted by Crippen LogP contribution is 2.02. The number of rotatable bonds is 15. The van der Waals surface area contributed by atoms with Crippen LogP contribution in [0.3, 0.4) is 0 Å². The van der Waals surface area contributed by atoms with E-state index >= 15 is 0 Å². The molecule has 4 nitrogen and oxygen atoms in total. The molecule has 146 valence electrons. The molecule has 0 saturated carbocycles. The predicted molar refractivity (Wildman–Crippen MR) is 103 cm³/mol. The van der Waals surface area contributed by atoms with Crippen molar-refractivity contribution in [2.45, 2.75) is 58.5 Å². The summed E-state index contributed by atoms with van der Waals surface area (Å²) < 4.78 is 21.1. The Labute approximate surface area is 154 Å². The number of ether oxygens (including phenoxy) is 4. The number of methoxy groups -OCH3 is 1. The molecule has 0 radical (unpaired) electrons. The van der Waals surface area contributed by atoms with Gasteiger partial charge in [-0.3, -0.25) is 0 Å². The molecule has 0 amide bonds. The summed E-state index contributed by atoms with van der Waals surface area (Å²) in [5.41, 5.74) is 0.0417. The van der Waals surface area contributed by atoms with E-state index in [4.69, 9.17) is 30.5 Å². The van der Waals surface area contributed by atoms with Gasteiger partial charge in [0.15, 0.2) is 0 Å². The van der Waals surface area contributed by atoms with Crippen molar-refractivity contribution < 1.29 is 18.9 Å². The molecule has 0 aliphatic heterocycles. The van der Waals surface area contributed by atoms with Crippen LogP contribution in [0.4, 0.5) is 0 Å². The molecule has 0 aliphatic rings. The average molecular weight is 367 g/mol. The van der Waals surface area contributed by atoms with Crippen LogP contribution in [0.25, 0.3) is 0 Å². The van der Waals surface area contributed by atoms with E-state index in [0.717, 1.165) is 38.4 Å². The molecule has 0 saturated heterocycles. The van der Waals surface area contributed by atoms with Gasteiger partial charge in [0.1, 0.15) is 0 Å². The molecule has 0 aromatic heterocycles. The Hall–Kier alpha value is -0.130. The third-order valence-electron chi connectivity index (χ3n) is 3.00. The normalized spacial score (nSPS) is 11.0. The maximum atomic E-state index is 5.59. The fourth-order valence-electron chi connectivity index (χ4n) is 1.36. The van der Waals surface area contributed by atoms with Crippen molar-refractivity contribution in [2.24, 2.45) is 0 Å². The molecular weight excluding hydrogens is 328 g/mol. The largest absolute Gasteiger partial charge is 0.379 e. The van der Waals surface area contributed by atoms with Crippen molar-refractivity contribution in [3.8, 4) is 0 Å².